The van der Waals surface area contributed by atoms with Crippen molar-refractivity contribution in [2.24, 2.45) is 0 Å². The lowest BCUT2D eigenvalue weighted by Gasteiger charge is -2.08. The fourth-order valence-electron chi connectivity index (χ4n) is 1.51. The molecule has 0 spiro atoms. The van der Waals surface area contributed by atoms with Crippen LogP contribution >= 0.6 is 0 Å². The lowest BCUT2D eigenvalue weighted by Crippen LogP contribution is -1.99. The third-order valence-corrected chi connectivity index (χ3v) is 2.40. The molecule has 1 aromatic carbocycles. The Hall–Kier alpha value is -2.23. The number of rotatable bonds is 4. The van der Waals surface area contributed by atoms with Crippen LogP contribution in [0.1, 0.15) is 5.56 Å². The van der Waals surface area contributed by atoms with Crippen LogP contribution in [0.4, 0.5) is 5.69 Å². The number of anilines is 1. The zero-order valence-corrected chi connectivity index (χ0v) is 9.55. The zero-order chi connectivity index (χ0) is 12.1. The summed E-state index contributed by atoms with van der Waals surface area (Å²) in [6.45, 7) is 0.666. The van der Waals surface area contributed by atoms with E-state index >= 15 is 0 Å². The van der Waals surface area contributed by atoms with Gasteiger partial charge in [-0.25, -0.2) is 0 Å². The highest BCUT2D eigenvalue weighted by Gasteiger charge is 2.01. The molecule has 0 unspecified atom stereocenters. The van der Waals surface area contributed by atoms with Crippen molar-refractivity contribution < 1.29 is 9.84 Å². The number of ether oxygens (including phenoxy) is 1. The van der Waals surface area contributed by atoms with Gasteiger partial charge in [-0.2, -0.15) is 0 Å². The van der Waals surface area contributed by atoms with Gasteiger partial charge in [-0.05, 0) is 23.8 Å². The minimum absolute atomic E-state index is 0.128. The van der Waals surface area contributed by atoms with E-state index in [1.165, 1.54) is 7.11 Å². The van der Waals surface area contributed by atoms with Gasteiger partial charge in [0.1, 0.15) is 0 Å². The highest BCUT2D eigenvalue weighted by atomic mass is 16.5. The first-order chi connectivity index (χ1) is 8.29. The topological polar surface area (TPSA) is 54.4 Å². The molecule has 2 aromatic rings. The van der Waals surface area contributed by atoms with Crippen LogP contribution in [-0.4, -0.2) is 17.2 Å². The molecule has 0 atom stereocenters. The number of aromatic hydroxyl groups is 1. The normalized spacial score (nSPS) is 9.94. The minimum Gasteiger partial charge on any atom is -0.504 e. The minimum atomic E-state index is 0.128. The van der Waals surface area contributed by atoms with E-state index in [4.69, 9.17) is 4.74 Å². The van der Waals surface area contributed by atoms with Crippen LogP contribution in [0.5, 0.6) is 11.5 Å². The number of hydrogen-bond acceptors (Lipinski definition) is 4. The summed E-state index contributed by atoms with van der Waals surface area (Å²) in [4.78, 5) is 4.03. The van der Waals surface area contributed by atoms with Gasteiger partial charge in [0.05, 0.1) is 7.11 Å². The summed E-state index contributed by atoms with van der Waals surface area (Å²) in [6, 6.07) is 9.09. The largest absolute Gasteiger partial charge is 0.504 e. The van der Waals surface area contributed by atoms with Gasteiger partial charge in [0.2, 0.25) is 0 Å². The summed E-state index contributed by atoms with van der Waals surface area (Å²) in [5.41, 5.74) is 1.93. The first-order valence-electron chi connectivity index (χ1n) is 5.29. The number of pyridine rings is 1. The smallest absolute Gasteiger partial charge is 0.160 e. The van der Waals surface area contributed by atoms with Gasteiger partial charge >= 0.3 is 0 Å². The molecule has 4 heteroatoms. The van der Waals surface area contributed by atoms with Crippen molar-refractivity contribution in [3.8, 4) is 11.5 Å². The van der Waals surface area contributed by atoms with Gasteiger partial charge in [0, 0.05) is 30.7 Å². The summed E-state index contributed by atoms with van der Waals surface area (Å²) in [6.07, 6.45) is 3.54. The maximum Gasteiger partial charge on any atom is 0.160 e. The quantitative estimate of drug-likeness (QED) is 0.846. The zero-order valence-electron chi connectivity index (χ0n) is 9.55. The molecule has 0 saturated heterocycles. The van der Waals surface area contributed by atoms with Crippen molar-refractivity contribution in [2.75, 3.05) is 12.4 Å². The van der Waals surface area contributed by atoms with Gasteiger partial charge in [0.25, 0.3) is 0 Å². The molecule has 0 fully saturated rings. The third kappa shape index (κ3) is 2.87. The summed E-state index contributed by atoms with van der Waals surface area (Å²) < 4.78 is 4.97. The number of phenolic OH excluding ortho intramolecular Hbond substituents is 1. The van der Waals surface area contributed by atoms with Crippen molar-refractivity contribution in [1.82, 2.24) is 4.98 Å². The van der Waals surface area contributed by atoms with Crippen molar-refractivity contribution in [3.05, 3.63) is 48.3 Å². The van der Waals surface area contributed by atoms with Crippen LogP contribution in [-0.2, 0) is 6.54 Å². The second-order valence-electron chi connectivity index (χ2n) is 3.60. The third-order valence-electron chi connectivity index (χ3n) is 2.40. The van der Waals surface area contributed by atoms with Crippen LogP contribution < -0.4 is 10.1 Å². The molecule has 0 saturated carbocycles. The number of hydrogen-bond donors (Lipinski definition) is 2. The molecular formula is C13H14N2O2. The Morgan fingerprint density at radius 1 is 1.35 bits per heavy atom. The summed E-state index contributed by atoms with van der Waals surface area (Å²) >= 11 is 0. The highest BCUT2D eigenvalue weighted by molar-refractivity contribution is 5.54. The van der Waals surface area contributed by atoms with Gasteiger partial charge < -0.3 is 15.2 Å². The molecule has 0 aliphatic rings. The van der Waals surface area contributed by atoms with Crippen molar-refractivity contribution >= 4 is 5.69 Å². The van der Waals surface area contributed by atoms with E-state index in [0.717, 1.165) is 11.3 Å². The molecule has 0 bridgehead atoms. The van der Waals surface area contributed by atoms with Crippen molar-refractivity contribution in [3.63, 3.8) is 0 Å². The molecule has 0 amide bonds. The fraction of sp³-hybridized carbons (Fsp3) is 0.154. The lowest BCUT2D eigenvalue weighted by atomic mass is 10.2. The summed E-state index contributed by atoms with van der Waals surface area (Å²) in [5, 5.41) is 12.8. The van der Waals surface area contributed by atoms with E-state index in [1.807, 2.05) is 18.2 Å². The second-order valence-corrected chi connectivity index (χ2v) is 3.60. The molecule has 1 aromatic heterocycles. The van der Waals surface area contributed by atoms with E-state index in [9.17, 15) is 5.11 Å². The van der Waals surface area contributed by atoms with E-state index in [0.29, 0.717) is 12.3 Å². The van der Waals surface area contributed by atoms with E-state index in [-0.39, 0.29) is 5.75 Å². The molecule has 0 aliphatic heterocycles. The monoisotopic (exact) mass is 230 g/mol. The number of aromatic nitrogens is 1. The molecule has 0 radical (unpaired) electrons. The Morgan fingerprint density at radius 2 is 2.24 bits per heavy atom. The highest BCUT2D eigenvalue weighted by Crippen LogP contribution is 2.28. The van der Waals surface area contributed by atoms with Gasteiger partial charge in [-0.1, -0.05) is 6.07 Å². The van der Waals surface area contributed by atoms with E-state index in [1.54, 1.807) is 24.5 Å². The molecule has 17 heavy (non-hydrogen) atoms. The maximum absolute atomic E-state index is 9.61. The first-order valence-corrected chi connectivity index (χ1v) is 5.29. The number of benzene rings is 1. The maximum atomic E-state index is 9.61. The number of nitrogens with one attached hydrogen (secondary N) is 1. The molecule has 0 aliphatic carbocycles. The van der Waals surface area contributed by atoms with E-state index < -0.39 is 0 Å². The fourth-order valence-corrected chi connectivity index (χ4v) is 1.51. The van der Waals surface area contributed by atoms with Gasteiger partial charge in [0.15, 0.2) is 11.5 Å². The second kappa shape index (κ2) is 5.21. The number of nitrogens with zero attached hydrogens (tertiary/aromatic N) is 1. The Labute approximate surface area is 99.9 Å². The Balaban J connectivity index is 2.02. The first kappa shape index (κ1) is 11.3. The van der Waals surface area contributed by atoms with Crippen LogP contribution in [0.2, 0.25) is 0 Å². The van der Waals surface area contributed by atoms with Crippen LogP contribution in [0.3, 0.4) is 0 Å². The Kier molecular flexibility index (Phi) is 3.45. The number of methoxy groups -OCH3 is 1. The SMILES string of the molecule is COc1ccc(NCc2cccnc2)cc1O. The number of phenols is 1. The summed E-state index contributed by atoms with van der Waals surface area (Å²) in [7, 11) is 1.53. The molecule has 88 valence electrons. The predicted octanol–water partition coefficient (Wildman–Crippen LogP) is 2.41. The predicted molar refractivity (Wildman–Crippen MR) is 66.2 cm³/mol. The molecule has 2 rings (SSSR count). The molecule has 4 nitrogen and oxygen atoms in total. The van der Waals surface area contributed by atoms with Gasteiger partial charge in [-0.3, -0.25) is 4.98 Å². The van der Waals surface area contributed by atoms with Crippen molar-refractivity contribution in [2.45, 2.75) is 6.54 Å². The van der Waals surface area contributed by atoms with Crippen LogP contribution in [0, 0.1) is 0 Å². The van der Waals surface area contributed by atoms with E-state index in [2.05, 4.69) is 10.3 Å². The average Bonchev–Trinajstić information content (AvgIpc) is 2.38. The van der Waals surface area contributed by atoms with Crippen LogP contribution in [0.15, 0.2) is 42.7 Å². The molecule has 2 N–H and O–H groups in total. The Bertz CT molecular complexity index is 486. The van der Waals surface area contributed by atoms with Crippen LogP contribution in [0.25, 0.3) is 0 Å². The average molecular weight is 230 g/mol. The molecular weight excluding hydrogens is 216 g/mol. The standard InChI is InChI=1S/C13H14N2O2/c1-17-13-5-4-11(7-12(13)16)15-9-10-3-2-6-14-8-10/h2-8,15-16H,9H2,1H3. The summed E-state index contributed by atoms with van der Waals surface area (Å²) in [5.74, 6) is 0.598. The lowest BCUT2D eigenvalue weighted by molar-refractivity contribution is 0.373. The Morgan fingerprint density at radius 3 is 2.88 bits per heavy atom. The van der Waals surface area contributed by atoms with Gasteiger partial charge in [-0.15, -0.1) is 0 Å². The molecule has 1 heterocycles. The van der Waals surface area contributed by atoms with Crippen molar-refractivity contribution in [1.29, 1.82) is 0 Å².